The van der Waals surface area contributed by atoms with Crippen LogP contribution in [0.15, 0.2) is 18.6 Å². The number of terminal acetylenes is 1. The first-order chi connectivity index (χ1) is 9.13. The lowest BCUT2D eigenvalue weighted by atomic mass is 10.1. The number of ketones is 1. The van der Waals surface area contributed by atoms with E-state index in [4.69, 9.17) is 6.42 Å². The Hall–Kier alpha value is -2.19. The van der Waals surface area contributed by atoms with Gasteiger partial charge < -0.3 is 9.67 Å². The van der Waals surface area contributed by atoms with Crippen molar-refractivity contribution in [3.05, 3.63) is 24.3 Å². The number of aliphatic hydroxyl groups excluding tert-OH is 1. The maximum absolute atomic E-state index is 11.0. The van der Waals surface area contributed by atoms with Gasteiger partial charge >= 0.3 is 0 Å². The summed E-state index contributed by atoms with van der Waals surface area (Å²) in [5.41, 5.74) is 1.57. The van der Waals surface area contributed by atoms with E-state index in [2.05, 4.69) is 15.9 Å². The molecule has 0 amide bonds. The zero-order chi connectivity index (χ0) is 13.8. The number of carbonyl (C=O) groups is 1. The Kier molecular flexibility index (Phi) is 3.93. The summed E-state index contributed by atoms with van der Waals surface area (Å²) in [5, 5.41) is 11.0. The minimum atomic E-state index is -0.711. The van der Waals surface area contributed by atoms with Crippen LogP contribution in [-0.4, -0.2) is 25.4 Å². The Bertz CT molecular complexity index is 640. The molecule has 0 saturated carbocycles. The highest BCUT2D eigenvalue weighted by molar-refractivity contribution is 5.94. The Morgan fingerprint density at radius 3 is 3.11 bits per heavy atom. The van der Waals surface area contributed by atoms with Crippen LogP contribution in [0.5, 0.6) is 0 Å². The van der Waals surface area contributed by atoms with Crippen LogP contribution in [0.4, 0.5) is 0 Å². The highest BCUT2D eigenvalue weighted by Gasteiger charge is 2.12. The van der Waals surface area contributed by atoms with Crippen molar-refractivity contribution in [2.45, 2.75) is 32.4 Å². The van der Waals surface area contributed by atoms with Crippen molar-refractivity contribution in [3.63, 3.8) is 0 Å². The molecule has 0 aliphatic rings. The number of aryl methyl sites for hydroxylation is 1. The molecule has 19 heavy (non-hydrogen) atoms. The molecular weight excluding hydrogens is 242 g/mol. The van der Waals surface area contributed by atoms with Crippen LogP contribution >= 0.6 is 0 Å². The molecule has 0 aromatic carbocycles. The van der Waals surface area contributed by atoms with Crippen molar-refractivity contribution in [3.8, 4) is 12.3 Å². The third-order valence-corrected chi connectivity index (χ3v) is 3.06. The van der Waals surface area contributed by atoms with Crippen LogP contribution in [0, 0.1) is 19.3 Å². The Morgan fingerprint density at radius 2 is 2.37 bits per heavy atom. The number of Topliss-reactive ketones (excluding diaryl/α,β-unsaturated/α-hetero) is 1. The third kappa shape index (κ3) is 2.80. The maximum atomic E-state index is 11.0. The van der Waals surface area contributed by atoms with E-state index in [0.29, 0.717) is 24.9 Å². The van der Waals surface area contributed by atoms with Crippen LogP contribution in [0.25, 0.3) is 11.0 Å². The molecule has 0 saturated heterocycles. The number of rotatable bonds is 5. The van der Waals surface area contributed by atoms with E-state index in [1.165, 1.54) is 6.33 Å². The van der Waals surface area contributed by atoms with E-state index in [-0.39, 0.29) is 5.78 Å². The van der Waals surface area contributed by atoms with Gasteiger partial charge in [0, 0.05) is 18.0 Å². The van der Waals surface area contributed by atoms with E-state index < -0.39 is 6.23 Å². The Morgan fingerprint density at radius 1 is 1.58 bits per heavy atom. The van der Waals surface area contributed by atoms with E-state index in [1.807, 2.05) is 13.0 Å². The molecule has 2 aromatic heterocycles. The number of fused-ring (bicyclic) bond motifs is 1. The highest BCUT2D eigenvalue weighted by Crippen LogP contribution is 2.21. The van der Waals surface area contributed by atoms with Gasteiger partial charge in [-0.25, -0.2) is 9.97 Å². The topological polar surface area (TPSA) is 68.0 Å². The molecule has 0 bridgehead atoms. The number of hydrogen-bond acceptors (Lipinski definition) is 4. The van der Waals surface area contributed by atoms with Crippen LogP contribution in [-0.2, 0) is 4.79 Å². The van der Waals surface area contributed by atoms with Gasteiger partial charge in [0.2, 0.25) is 5.78 Å². The van der Waals surface area contributed by atoms with Crippen molar-refractivity contribution in [1.29, 1.82) is 0 Å². The molecule has 0 unspecified atom stereocenters. The van der Waals surface area contributed by atoms with Gasteiger partial charge in [0.15, 0.2) is 0 Å². The zero-order valence-corrected chi connectivity index (χ0v) is 10.7. The molecule has 2 aromatic rings. The molecule has 0 aliphatic heterocycles. The van der Waals surface area contributed by atoms with Gasteiger partial charge in [-0.05, 0) is 31.8 Å². The van der Waals surface area contributed by atoms with Crippen LogP contribution in [0.2, 0.25) is 0 Å². The highest BCUT2D eigenvalue weighted by atomic mass is 16.3. The molecule has 2 heterocycles. The molecule has 0 fully saturated rings. The fourth-order valence-electron chi connectivity index (χ4n) is 1.99. The quantitative estimate of drug-likeness (QED) is 0.652. The van der Waals surface area contributed by atoms with Gasteiger partial charge in [0.25, 0.3) is 0 Å². The fourth-order valence-corrected chi connectivity index (χ4v) is 1.99. The van der Waals surface area contributed by atoms with Gasteiger partial charge in [-0.15, -0.1) is 6.42 Å². The maximum Gasteiger partial charge on any atom is 0.205 e. The van der Waals surface area contributed by atoms with Gasteiger partial charge in [0.05, 0.1) is 5.69 Å². The van der Waals surface area contributed by atoms with Gasteiger partial charge in [0.1, 0.15) is 18.2 Å². The average Bonchev–Trinajstić information content (AvgIpc) is 2.83. The predicted octanol–water partition coefficient (Wildman–Crippen LogP) is 1.60. The molecule has 5 heteroatoms. The molecule has 0 aliphatic carbocycles. The predicted molar refractivity (Wildman–Crippen MR) is 71.2 cm³/mol. The van der Waals surface area contributed by atoms with Gasteiger partial charge in [-0.3, -0.25) is 4.79 Å². The van der Waals surface area contributed by atoms with Crippen molar-refractivity contribution in [1.82, 2.24) is 14.5 Å². The van der Waals surface area contributed by atoms with E-state index in [1.54, 1.807) is 10.8 Å². The van der Waals surface area contributed by atoms with Crippen LogP contribution in [0.1, 0.15) is 31.2 Å². The van der Waals surface area contributed by atoms with E-state index >= 15 is 0 Å². The van der Waals surface area contributed by atoms with E-state index in [9.17, 15) is 9.90 Å². The Labute approximate surface area is 111 Å². The minimum absolute atomic E-state index is 0.234. The second-order valence-corrected chi connectivity index (χ2v) is 4.36. The molecule has 0 radical (unpaired) electrons. The second-order valence-electron chi connectivity index (χ2n) is 4.36. The lowest BCUT2D eigenvalue weighted by Gasteiger charge is -2.12. The van der Waals surface area contributed by atoms with Crippen molar-refractivity contribution < 1.29 is 9.90 Å². The van der Waals surface area contributed by atoms with Crippen molar-refractivity contribution in [2.24, 2.45) is 0 Å². The third-order valence-electron chi connectivity index (χ3n) is 3.06. The summed E-state index contributed by atoms with van der Waals surface area (Å²) >= 11 is 0. The number of aliphatic hydroxyl groups is 1. The van der Waals surface area contributed by atoms with Crippen molar-refractivity contribution >= 4 is 16.8 Å². The molecule has 98 valence electrons. The van der Waals surface area contributed by atoms with Crippen LogP contribution < -0.4 is 0 Å². The number of carbonyl (C=O) groups excluding carboxylic acids is 1. The average molecular weight is 257 g/mol. The van der Waals surface area contributed by atoms with Gasteiger partial charge in [-0.2, -0.15) is 0 Å². The first-order valence-electron chi connectivity index (χ1n) is 6.09. The molecule has 1 atom stereocenters. The number of aromatic nitrogens is 3. The smallest absolute Gasteiger partial charge is 0.205 e. The van der Waals surface area contributed by atoms with E-state index in [0.717, 1.165) is 11.1 Å². The fraction of sp³-hybridized carbons (Fsp3) is 0.357. The number of nitrogens with zero attached hydrogens (tertiary/aromatic N) is 3. The van der Waals surface area contributed by atoms with Gasteiger partial charge in [-0.1, -0.05) is 0 Å². The standard InChI is InChI=1S/C14H15N3O2/c1-3-11(18)5-4-6-13(19)17-8-7-12-10(2)15-9-16-14(12)17/h1,7-9,13,19H,4-6H2,2H3/t13-/m1/s1. The number of hydrogen-bond donors (Lipinski definition) is 1. The van der Waals surface area contributed by atoms with Crippen LogP contribution in [0.3, 0.4) is 0 Å². The molecule has 1 N–H and O–H groups in total. The summed E-state index contributed by atoms with van der Waals surface area (Å²) in [5.74, 6) is 1.83. The summed E-state index contributed by atoms with van der Waals surface area (Å²) in [6.45, 7) is 1.90. The summed E-state index contributed by atoms with van der Waals surface area (Å²) in [4.78, 5) is 19.3. The molecule has 5 nitrogen and oxygen atoms in total. The Balaban J connectivity index is 2.10. The first-order valence-corrected chi connectivity index (χ1v) is 6.09. The second kappa shape index (κ2) is 5.63. The largest absolute Gasteiger partial charge is 0.373 e. The first kappa shape index (κ1) is 13.2. The lowest BCUT2D eigenvalue weighted by Crippen LogP contribution is -2.08. The zero-order valence-electron chi connectivity index (χ0n) is 10.7. The van der Waals surface area contributed by atoms with Crippen molar-refractivity contribution in [2.75, 3.05) is 0 Å². The summed E-state index contributed by atoms with van der Waals surface area (Å²) in [6, 6.07) is 1.88. The molecule has 0 spiro atoms. The molecule has 2 rings (SSSR count). The minimum Gasteiger partial charge on any atom is -0.373 e. The monoisotopic (exact) mass is 257 g/mol. The summed E-state index contributed by atoms with van der Waals surface area (Å²) in [7, 11) is 0. The molecular formula is C14H15N3O2. The normalized spacial score (nSPS) is 12.3. The summed E-state index contributed by atoms with van der Waals surface area (Å²) < 4.78 is 1.68. The summed E-state index contributed by atoms with van der Waals surface area (Å²) in [6.07, 6.45) is 8.83. The SMILES string of the molecule is C#CC(=O)CCC[C@@H](O)n1ccc2c(C)ncnc21. The lowest BCUT2D eigenvalue weighted by molar-refractivity contribution is -0.114.